The topological polar surface area (TPSA) is 104 Å². The van der Waals surface area contributed by atoms with Gasteiger partial charge in [0.1, 0.15) is 24.2 Å². The lowest BCUT2D eigenvalue weighted by Crippen LogP contribution is -2.44. The van der Waals surface area contributed by atoms with E-state index in [1.807, 2.05) is 4.52 Å². The van der Waals surface area contributed by atoms with E-state index in [9.17, 15) is 4.39 Å². The molecule has 0 spiro atoms. The van der Waals surface area contributed by atoms with Crippen molar-refractivity contribution >= 4 is 25.6 Å². The van der Waals surface area contributed by atoms with Crippen molar-refractivity contribution in [3.8, 4) is 16.9 Å². The quantitative estimate of drug-likeness (QED) is 0.254. The Morgan fingerprint density at radius 3 is 2.71 bits per heavy atom. The van der Waals surface area contributed by atoms with E-state index < -0.39 is 8.32 Å². The van der Waals surface area contributed by atoms with Crippen LogP contribution in [0.1, 0.15) is 50.4 Å². The van der Waals surface area contributed by atoms with Crippen molar-refractivity contribution in [2.75, 3.05) is 11.9 Å². The van der Waals surface area contributed by atoms with Gasteiger partial charge in [0, 0.05) is 41.4 Å². The molecule has 10 nitrogen and oxygen atoms in total. The van der Waals surface area contributed by atoms with E-state index >= 15 is 0 Å². The van der Waals surface area contributed by atoms with Crippen LogP contribution in [0.3, 0.4) is 0 Å². The number of rotatable bonds is 7. The molecule has 1 N–H and O–H groups in total. The third-order valence-corrected chi connectivity index (χ3v) is 13.4. The Balaban J connectivity index is 1.23. The molecule has 5 aromatic rings. The summed E-state index contributed by atoms with van der Waals surface area (Å²) in [4.78, 5) is 9.31. The Morgan fingerprint density at radius 2 is 1.93 bits per heavy atom. The number of pyridine rings is 1. The third kappa shape index (κ3) is 4.19. The number of fused-ring (bicyclic) bond motifs is 3. The van der Waals surface area contributed by atoms with Gasteiger partial charge in [0.15, 0.2) is 19.6 Å². The molecule has 1 aliphatic heterocycles. The standard InChI is InChI=1S/C29H33FN8O2Si/c1-28(2,3)41(4,5)40-29(11-12-29)24-9-6-19(25-33-16-35-38(24)25)21-15-32-27(37-17-34-36-26(21)37)31-14-20-18-10-13-39-23(18)8-7-22(20)30/h6-9,15-17H,10-14H2,1-5H3,(H,31,32). The lowest BCUT2D eigenvalue weighted by atomic mass is 10.0. The Hall–Kier alpha value is -3.90. The summed E-state index contributed by atoms with van der Waals surface area (Å²) in [5, 5.41) is 16.5. The zero-order chi connectivity index (χ0) is 28.6. The smallest absolute Gasteiger partial charge is 0.210 e. The molecule has 2 aliphatic rings. The molecule has 0 radical (unpaired) electrons. The summed E-state index contributed by atoms with van der Waals surface area (Å²) in [5.74, 6) is 0.988. The van der Waals surface area contributed by atoms with Crippen LogP contribution in [0.15, 0.2) is 43.1 Å². The molecule has 212 valence electrons. The minimum atomic E-state index is -2.01. The van der Waals surface area contributed by atoms with Crippen molar-refractivity contribution in [1.29, 1.82) is 0 Å². The largest absolute Gasteiger partial charge is 0.493 e. The molecule has 1 fully saturated rings. The van der Waals surface area contributed by atoms with Crippen molar-refractivity contribution in [3.05, 3.63) is 65.8 Å². The number of nitrogens with one attached hydrogen (secondary N) is 1. The summed E-state index contributed by atoms with van der Waals surface area (Å²) in [6, 6.07) is 7.28. The SMILES string of the molecule is CC(C)(C)[Si](C)(C)OC1(c2ccc(-c3cnc(NCc4c(F)ccc5c4CCO5)n4cnnc34)c3ncnn23)CC1. The van der Waals surface area contributed by atoms with Crippen LogP contribution in [0.5, 0.6) is 5.75 Å². The van der Waals surface area contributed by atoms with E-state index in [0.717, 1.165) is 41.0 Å². The highest BCUT2D eigenvalue weighted by atomic mass is 28.4. The number of aromatic nitrogens is 7. The number of nitrogens with zero attached hydrogens (tertiary/aromatic N) is 7. The van der Waals surface area contributed by atoms with Crippen LogP contribution in [-0.4, -0.2) is 49.1 Å². The number of benzene rings is 1. The van der Waals surface area contributed by atoms with Gasteiger partial charge in [0.25, 0.3) is 0 Å². The molecule has 1 aliphatic carbocycles. The van der Waals surface area contributed by atoms with Gasteiger partial charge in [0.2, 0.25) is 5.95 Å². The molecule has 1 aromatic carbocycles. The first-order valence-electron chi connectivity index (χ1n) is 14.0. The van der Waals surface area contributed by atoms with Crippen LogP contribution < -0.4 is 10.1 Å². The molecular formula is C29H33FN8O2Si. The fourth-order valence-electron chi connectivity index (χ4n) is 5.44. The molecule has 1 saturated carbocycles. The maximum absolute atomic E-state index is 14.7. The number of hydrogen-bond acceptors (Lipinski definition) is 8. The highest BCUT2D eigenvalue weighted by Crippen LogP contribution is 2.54. The van der Waals surface area contributed by atoms with Gasteiger partial charge in [-0.3, -0.25) is 4.40 Å². The minimum Gasteiger partial charge on any atom is -0.493 e. The average molecular weight is 573 g/mol. The predicted octanol–water partition coefficient (Wildman–Crippen LogP) is 5.53. The summed E-state index contributed by atoms with van der Waals surface area (Å²) >= 11 is 0. The van der Waals surface area contributed by atoms with E-state index in [1.165, 1.54) is 6.07 Å². The van der Waals surface area contributed by atoms with E-state index in [4.69, 9.17) is 9.16 Å². The van der Waals surface area contributed by atoms with Gasteiger partial charge in [-0.15, -0.1) is 10.2 Å². The molecule has 5 heterocycles. The number of ether oxygens (including phenoxy) is 1. The van der Waals surface area contributed by atoms with Crippen molar-refractivity contribution in [3.63, 3.8) is 0 Å². The van der Waals surface area contributed by atoms with Gasteiger partial charge in [-0.05, 0) is 55.2 Å². The zero-order valence-electron chi connectivity index (χ0n) is 23.9. The molecule has 0 unspecified atom stereocenters. The monoisotopic (exact) mass is 572 g/mol. The predicted molar refractivity (Wildman–Crippen MR) is 155 cm³/mol. The highest BCUT2D eigenvalue weighted by Gasteiger charge is 2.54. The molecule has 12 heteroatoms. The van der Waals surface area contributed by atoms with Crippen molar-refractivity contribution < 1.29 is 13.6 Å². The fourth-order valence-corrected chi connectivity index (χ4v) is 7.04. The molecule has 4 aromatic heterocycles. The van der Waals surface area contributed by atoms with Crippen LogP contribution in [-0.2, 0) is 23.0 Å². The van der Waals surface area contributed by atoms with Crippen LogP contribution in [0, 0.1) is 5.82 Å². The summed E-state index contributed by atoms with van der Waals surface area (Å²) in [6.07, 6.45) is 7.54. The van der Waals surface area contributed by atoms with Crippen LogP contribution in [0.25, 0.3) is 22.4 Å². The van der Waals surface area contributed by atoms with Crippen LogP contribution >= 0.6 is 0 Å². The van der Waals surface area contributed by atoms with Gasteiger partial charge < -0.3 is 14.5 Å². The average Bonchev–Trinajstić information content (AvgIpc) is 3.34. The first kappa shape index (κ1) is 26.0. The first-order chi connectivity index (χ1) is 19.6. The molecule has 41 heavy (non-hydrogen) atoms. The highest BCUT2D eigenvalue weighted by molar-refractivity contribution is 6.74. The maximum atomic E-state index is 14.7. The molecule has 0 bridgehead atoms. The first-order valence-corrected chi connectivity index (χ1v) is 16.9. The van der Waals surface area contributed by atoms with E-state index in [2.05, 4.69) is 76.6 Å². The van der Waals surface area contributed by atoms with Crippen molar-refractivity contribution in [1.82, 2.24) is 34.2 Å². The Morgan fingerprint density at radius 1 is 1.10 bits per heavy atom. The summed E-state index contributed by atoms with van der Waals surface area (Å²) in [7, 11) is -2.01. The van der Waals surface area contributed by atoms with Crippen molar-refractivity contribution in [2.24, 2.45) is 0 Å². The van der Waals surface area contributed by atoms with Gasteiger partial charge in [0.05, 0.1) is 17.9 Å². The Bertz CT molecular complexity index is 1800. The molecule has 0 amide bonds. The molecular weight excluding hydrogens is 539 g/mol. The second-order valence-corrected chi connectivity index (χ2v) is 17.2. The van der Waals surface area contributed by atoms with Gasteiger partial charge in [-0.25, -0.2) is 18.9 Å². The fraction of sp³-hybridized carbons (Fsp3) is 0.414. The Labute approximate surface area is 238 Å². The third-order valence-electron chi connectivity index (χ3n) is 8.84. The number of halogens is 1. The van der Waals surface area contributed by atoms with Gasteiger partial charge >= 0.3 is 0 Å². The molecule has 7 rings (SSSR count). The van der Waals surface area contributed by atoms with Crippen LogP contribution in [0.4, 0.5) is 10.3 Å². The lowest BCUT2D eigenvalue weighted by Gasteiger charge is -2.39. The molecule has 0 atom stereocenters. The van der Waals surface area contributed by atoms with Crippen molar-refractivity contribution in [2.45, 2.75) is 70.3 Å². The zero-order valence-corrected chi connectivity index (χ0v) is 24.9. The maximum Gasteiger partial charge on any atom is 0.210 e. The van der Waals surface area contributed by atoms with Crippen LogP contribution in [0.2, 0.25) is 18.1 Å². The number of hydrogen-bond donors (Lipinski definition) is 1. The van der Waals surface area contributed by atoms with E-state index in [0.29, 0.717) is 35.8 Å². The number of anilines is 1. The van der Waals surface area contributed by atoms with E-state index in [-0.39, 0.29) is 23.0 Å². The normalized spacial score (nSPS) is 16.2. The minimum absolute atomic E-state index is 0.102. The van der Waals surface area contributed by atoms with Gasteiger partial charge in [-0.2, -0.15) is 5.10 Å². The summed E-state index contributed by atoms with van der Waals surface area (Å²) < 4.78 is 30.9. The summed E-state index contributed by atoms with van der Waals surface area (Å²) in [6.45, 7) is 12.2. The molecule has 0 saturated heterocycles. The lowest BCUT2D eigenvalue weighted by molar-refractivity contribution is 0.152. The van der Waals surface area contributed by atoms with Gasteiger partial charge in [-0.1, -0.05) is 20.8 Å². The Kier molecular flexibility index (Phi) is 5.74. The second kappa shape index (κ2) is 9.05. The van der Waals surface area contributed by atoms with E-state index in [1.54, 1.807) is 29.3 Å². The summed E-state index contributed by atoms with van der Waals surface area (Å²) in [5.41, 5.74) is 5.09. The second-order valence-electron chi connectivity index (χ2n) is 12.5.